The molecule has 0 heterocycles. The minimum atomic E-state index is -4.32. The molecule has 0 aliphatic carbocycles. The second kappa shape index (κ2) is 17.1. The van der Waals surface area contributed by atoms with Crippen molar-refractivity contribution in [3.63, 3.8) is 0 Å². The zero-order chi connectivity index (χ0) is 30.5. The number of anilines is 1. The van der Waals surface area contributed by atoms with Gasteiger partial charge in [-0.3, -0.25) is 9.59 Å². The van der Waals surface area contributed by atoms with Crippen LogP contribution in [-0.2, 0) is 20.5 Å². The Morgan fingerprint density at radius 3 is 2.15 bits per heavy atom. The zero-order valence-electron chi connectivity index (χ0n) is 22.4. The molecule has 3 aromatic carbocycles. The second-order valence-electron chi connectivity index (χ2n) is 8.59. The molecule has 214 valence electrons. The lowest BCUT2D eigenvalue weighted by Crippen LogP contribution is -2.14. The molecule has 0 saturated carbocycles. The number of hydrogen-bond donors (Lipinski definition) is 1. The lowest BCUT2D eigenvalue weighted by molar-refractivity contribution is -0.137. The van der Waals surface area contributed by atoms with Gasteiger partial charge in [-0.2, -0.15) is 13.2 Å². The van der Waals surface area contributed by atoms with E-state index in [1.165, 1.54) is 19.1 Å². The maximum absolute atomic E-state index is 12.4. The smallest absolute Gasteiger partial charge is 0.394 e. The molecule has 0 aliphatic heterocycles. The van der Waals surface area contributed by atoms with E-state index in [2.05, 4.69) is 11.9 Å². The van der Waals surface area contributed by atoms with Crippen molar-refractivity contribution in [3.8, 4) is 0 Å². The quantitative estimate of drug-likeness (QED) is 0.120. The van der Waals surface area contributed by atoms with Crippen LogP contribution in [0.25, 0.3) is 0 Å². The predicted octanol–water partition coefficient (Wildman–Crippen LogP) is 9.61. The molecule has 1 amide bonds. The fraction of sp³-hybridized carbons (Fsp3) is 0.233. The van der Waals surface area contributed by atoms with E-state index in [4.69, 9.17) is 26.9 Å². The Kier molecular flexibility index (Phi) is 15.1. The first-order chi connectivity index (χ1) is 18.8. The van der Waals surface area contributed by atoms with Gasteiger partial charge in [0.05, 0.1) is 22.1 Å². The van der Waals surface area contributed by atoms with Crippen molar-refractivity contribution < 1.29 is 25.8 Å². The summed E-state index contributed by atoms with van der Waals surface area (Å²) in [5.74, 6) is -0.706. The first-order valence-electron chi connectivity index (χ1n) is 12.0. The van der Waals surface area contributed by atoms with Crippen molar-refractivity contribution in [1.82, 2.24) is 0 Å². The van der Waals surface area contributed by atoms with E-state index in [9.17, 15) is 22.8 Å². The van der Waals surface area contributed by atoms with Crippen LogP contribution < -0.4 is 5.32 Å². The predicted molar refractivity (Wildman–Crippen MR) is 168 cm³/mol. The number of alkyl halides is 3. The molecule has 3 rings (SSSR count). The number of thiocarbonyl (C=S) groups is 1. The minimum absolute atomic E-state index is 0.0880. The molecule has 0 bridgehead atoms. The normalized spacial score (nSPS) is 11.0. The number of amides is 1. The summed E-state index contributed by atoms with van der Waals surface area (Å²) in [6, 6.07) is 18.0. The number of benzene rings is 3. The average Bonchev–Trinajstić information content (AvgIpc) is 2.89. The van der Waals surface area contributed by atoms with Crippen LogP contribution in [0.2, 0.25) is 5.02 Å². The number of aryl methyl sites for hydroxylation is 1. The molecule has 40 heavy (non-hydrogen) atoms. The van der Waals surface area contributed by atoms with Gasteiger partial charge < -0.3 is 8.38 Å². The van der Waals surface area contributed by atoms with Gasteiger partial charge in [0.25, 0.3) is 5.91 Å². The molecular weight excluding hydrogens is 674 g/mol. The third-order valence-corrected chi connectivity index (χ3v) is 6.26. The Morgan fingerprint density at radius 1 is 1.10 bits per heavy atom. The van der Waals surface area contributed by atoms with E-state index in [-0.39, 0.29) is 28.2 Å². The number of allylic oxidation sites excluding steroid dienone is 1. The monoisotopic (exact) mass is 703 g/mol. The van der Waals surface area contributed by atoms with Crippen LogP contribution in [0, 0.1) is 12.8 Å². The lowest BCUT2D eigenvalue weighted by atomic mass is 10.0. The van der Waals surface area contributed by atoms with Gasteiger partial charge in [0, 0.05) is 16.1 Å². The average molecular weight is 704 g/mol. The van der Waals surface area contributed by atoms with E-state index in [0.717, 1.165) is 17.2 Å². The topological polar surface area (TPSA) is 55.4 Å². The molecule has 0 fully saturated rings. The van der Waals surface area contributed by atoms with Crippen LogP contribution >= 0.6 is 46.8 Å². The van der Waals surface area contributed by atoms with Gasteiger partial charge in [0.2, 0.25) is 0 Å². The molecule has 10 heteroatoms. The first kappa shape index (κ1) is 35.3. The SMILES string of the molecule is C=CC.CC(=S)c1ccccc1C(F)(F)F.Cc1cccc(Cl)c1C(=O)Nc1ccc(CC(C)C(=O)OI)cc1. The summed E-state index contributed by atoms with van der Waals surface area (Å²) in [4.78, 5) is 24.1. The fourth-order valence-electron chi connectivity index (χ4n) is 3.39. The second-order valence-corrected chi connectivity index (χ2v) is 10.1. The summed E-state index contributed by atoms with van der Waals surface area (Å²) in [7, 11) is 0. The first-order valence-corrected chi connectivity index (χ1v) is 13.6. The molecule has 0 saturated heterocycles. The summed E-state index contributed by atoms with van der Waals surface area (Å²) < 4.78 is 41.7. The van der Waals surface area contributed by atoms with E-state index in [1.807, 2.05) is 57.2 Å². The third kappa shape index (κ3) is 11.4. The minimum Gasteiger partial charge on any atom is -0.394 e. The number of rotatable bonds is 6. The van der Waals surface area contributed by atoms with Crippen LogP contribution in [0.4, 0.5) is 18.9 Å². The van der Waals surface area contributed by atoms with Gasteiger partial charge in [-0.25, -0.2) is 0 Å². The Morgan fingerprint density at radius 2 is 1.68 bits per heavy atom. The van der Waals surface area contributed by atoms with Gasteiger partial charge >= 0.3 is 12.1 Å². The molecule has 1 atom stereocenters. The van der Waals surface area contributed by atoms with Crippen molar-refractivity contribution in [2.24, 2.45) is 5.92 Å². The van der Waals surface area contributed by atoms with E-state index >= 15 is 0 Å². The highest BCUT2D eigenvalue weighted by atomic mass is 127. The molecule has 0 aromatic heterocycles. The van der Waals surface area contributed by atoms with Gasteiger partial charge in [0.1, 0.15) is 0 Å². The lowest BCUT2D eigenvalue weighted by Gasteiger charge is -2.11. The van der Waals surface area contributed by atoms with Crippen LogP contribution in [0.5, 0.6) is 0 Å². The Labute approximate surface area is 257 Å². The van der Waals surface area contributed by atoms with Crippen molar-refractivity contribution >= 4 is 69.3 Å². The zero-order valence-corrected chi connectivity index (χ0v) is 26.2. The fourth-order valence-corrected chi connectivity index (χ4v) is 4.31. The number of nitrogens with one attached hydrogen (secondary N) is 1. The number of carbonyl (C=O) groups is 2. The van der Waals surface area contributed by atoms with Gasteiger partial charge in [0.15, 0.2) is 23.0 Å². The van der Waals surface area contributed by atoms with Gasteiger partial charge in [-0.15, -0.1) is 6.58 Å². The summed E-state index contributed by atoms with van der Waals surface area (Å²) >= 11 is 12.4. The summed E-state index contributed by atoms with van der Waals surface area (Å²) in [5.41, 5.74) is 2.39. The number of halogens is 5. The van der Waals surface area contributed by atoms with E-state index in [1.54, 1.807) is 41.2 Å². The van der Waals surface area contributed by atoms with Crippen molar-refractivity contribution in [2.75, 3.05) is 5.32 Å². The molecule has 0 aliphatic rings. The Balaban J connectivity index is 0.000000420. The molecule has 1 N–H and O–H groups in total. The van der Waals surface area contributed by atoms with Crippen molar-refractivity contribution in [3.05, 3.63) is 112 Å². The third-order valence-electron chi connectivity index (χ3n) is 5.29. The molecule has 0 spiro atoms. The van der Waals surface area contributed by atoms with Gasteiger partial charge in [-0.1, -0.05) is 79.3 Å². The Hall–Kier alpha value is -2.76. The molecule has 3 aromatic rings. The number of carbonyl (C=O) groups excluding carboxylic acids is 2. The molecular formula is C30H30ClF3INO3S. The number of hydrogen-bond acceptors (Lipinski definition) is 4. The molecule has 0 radical (unpaired) electrons. The summed E-state index contributed by atoms with van der Waals surface area (Å²) in [6.07, 6.45) is -1.99. The van der Waals surface area contributed by atoms with E-state index < -0.39 is 11.7 Å². The highest BCUT2D eigenvalue weighted by Gasteiger charge is 2.33. The standard InChI is InChI=1S/C18H17ClINO3.C9H7F3S.C3H6/c1-11-4-3-5-15(19)16(11)17(22)21-14-8-6-13(7-9-14)10-12(2)18(23)24-20;1-6(13)7-4-2-3-5-8(7)9(10,11)12;1-3-2/h3-9,12H,10H2,1-2H3,(H,21,22);2-5H,1H3;3H,1H2,2H3. The summed E-state index contributed by atoms with van der Waals surface area (Å²) in [6.45, 7) is 10.4. The van der Waals surface area contributed by atoms with Crippen LogP contribution in [0.1, 0.15) is 53.4 Å². The Bertz CT molecular complexity index is 1290. The van der Waals surface area contributed by atoms with Crippen LogP contribution in [0.3, 0.4) is 0 Å². The highest BCUT2D eigenvalue weighted by molar-refractivity contribution is 14.1. The largest absolute Gasteiger partial charge is 0.417 e. The van der Waals surface area contributed by atoms with Crippen molar-refractivity contribution in [2.45, 2.75) is 40.3 Å². The van der Waals surface area contributed by atoms with E-state index in [0.29, 0.717) is 22.7 Å². The summed E-state index contributed by atoms with van der Waals surface area (Å²) in [5, 5.41) is 3.26. The van der Waals surface area contributed by atoms with Gasteiger partial charge in [-0.05, 0) is 62.6 Å². The maximum atomic E-state index is 12.4. The van der Waals surface area contributed by atoms with Crippen LogP contribution in [-0.4, -0.2) is 16.7 Å². The highest BCUT2D eigenvalue weighted by Crippen LogP contribution is 2.32. The molecule has 1 unspecified atom stereocenters. The molecule has 4 nitrogen and oxygen atoms in total. The maximum Gasteiger partial charge on any atom is 0.417 e. The van der Waals surface area contributed by atoms with Crippen LogP contribution in [0.15, 0.2) is 79.4 Å². The van der Waals surface area contributed by atoms with Crippen molar-refractivity contribution in [1.29, 1.82) is 0 Å².